The van der Waals surface area contributed by atoms with Gasteiger partial charge in [0.15, 0.2) is 5.96 Å². The van der Waals surface area contributed by atoms with Gasteiger partial charge in [0.05, 0.1) is 0 Å². The maximum absolute atomic E-state index is 11.9. The van der Waals surface area contributed by atoms with Crippen molar-refractivity contribution in [3.8, 4) is 0 Å². The van der Waals surface area contributed by atoms with Crippen LogP contribution in [-0.4, -0.2) is 35.1 Å². The molecule has 0 saturated heterocycles. The van der Waals surface area contributed by atoms with Gasteiger partial charge in [0.25, 0.3) is 5.56 Å². The Bertz CT molecular complexity index is 840. The largest absolute Gasteiger partial charge is 0.357 e. The van der Waals surface area contributed by atoms with Crippen LogP contribution in [0, 0.1) is 6.92 Å². The summed E-state index contributed by atoms with van der Waals surface area (Å²) in [7, 11) is 0. The molecule has 0 atom stereocenters. The highest BCUT2D eigenvalue weighted by Gasteiger charge is 2.18. The standard InChI is InChI=1S/C22H30N4O/c1-3-23-22(25-16-13-19-10-4-5-11-20(19)17-25)24-14-6-7-15-26-18(2)9-8-12-21(26)27/h4-5,8-12H,3,6-7,13-17H2,1-2H3,(H,23,24). The quantitative estimate of drug-likeness (QED) is 0.486. The SMILES string of the molecule is CCNC(=NCCCCn1c(C)cccc1=O)N1CCc2ccccc2C1. The maximum Gasteiger partial charge on any atom is 0.250 e. The van der Waals surface area contributed by atoms with Crippen LogP contribution in [0.1, 0.15) is 36.6 Å². The van der Waals surface area contributed by atoms with Crippen LogP contribution in [-0.2, 0) is 19.5 Å². The smallest absolute Gasteiger partial charge is 0.250 e. The zero-order valence-corrected chi connectivity index (χ0v) is 16.4. The Balaban J connectivity index is 1.54. The average Bonchev–Trinajstić information content (AvgIpc) is 2.68. The number of aliphatic imine (C=N–C) groups is 1. The zero-order valence-electron chi connectivity index (χ0n) is 16.4. The predicted octanol–water partition coefficient (Wildman–Crippen LogP) is 2.96. The first-order valence-corrected chi connectivity index (χ1v) is 9.95. The number of nitrogens with zero attached hydrogens (tertiary/aromatic N) is 3. The van der Waals surface area contributed by atoms with Gasteiger partial charge in [-0.15, -0.1) is 0 Å². The van der Waals surface area contributed by atoms with Crippen LogP contribution in [0.5, 0.6) is 0 Å². The molecule has 0 amide bonds. The molecule has 1 N–H and O–H groups in total. The number of fused-ring (bicyclic) bond motifs is 1. The van der Waals surface area contributed by atoms with Gasteiger partial charge in [0.2, 0.25) is 0 Å². The minimum atomic E-state index is 0.0822. The van der Waals surface area contributed by atoms with Crippen molar-refractivity contribution in [1.82, 2.24) is 14.8 Å². The van der Waals surface area contributed by atoms with Crippen molar-refractivity contribution in [3.05, 3.63) is 69.6 Å². The summed E-state index contributed by atoms with van der Waals surface area (Å²) in [6.45, 7) is 8.42. The molecule has 1 aliphatic heterocycles. The van der Waals surface area contributed by atoms with E-state index in [1.807, 2.05) is 23.6 Å². The summed E-state index contributed by atoms with van der Waals surface area (Å²) < 4.78 is 1.84. The van der Waals surface area contributed by atoms with Gasteiger partial charge in [-0.05, 0) is 50.3 Å². The van der Waals surface area contributed by atoms with Crippen LogP contribution in [0.15, 0.2) is 52.3 Å². The van der Waals surface area contributed by atoms with Crippen molar-refractivity contribution < 1.29 is 0 Å². The third-order valence-corrected chi connectivity index (χ3v) is 5.08. The van der Waals surface area contributed by atoms with Crippen LogP contribution in [0.4, 0.5) is 0 Å². The molecule has 1 aromatic carbocycles. The van der Waals surface area contributed by atoms with Crippen molar-refractivity contribution in [3.63, 3.8) is 0 Å². The van der Waals surface area contributed by atoms with Crippen molar-refractivity contribution in [2.45, 2.75) is 46.2 Å². The molecule has 27 heavy (non-hydrogen) atoms. The first-order chi connectivity index (χ1) is 13.2. The molecule has 1 aromatic heterocycles. The average molecular weight is 367 g/mol. The van der Waals surface area contributed by atoms with Crippen LogP contribution in [0.25, 0.3) is 0 Å². The summed E-state index contributed by atoms with van der Waals surface area (Å²) in [5.41, 5.74) is 3.95. The summed E-state index contributed by atoms with van der Waals surface area (Å²) >= 11 is 0. The molecular weight excluding hydrogens is 336 g/mol. The number of nitrogens with one attached hydrogen (secondary N) is 1. The summed E-state index contributed by atoms with van der Waals surface area (Å²) in [4.78, 5) is 19.1. The molecule has 0 saturated carbocycles. The Morgan fingerprint density at radius 3 is 2.70 bits per heavy atom. The van der Waals surface area contributed by atoms with Crippen molar-refractivity contribution in [2.24, 2.45) is 4.99 Å². The minimum absolute atomic E-state index is 0.0822. The van der Waals surface area contributed by atoms with Gasteiger partial charge in [0, 0.05) is 44.5 Å². The lowest BCUT2D eigenvalue weighted by molar-refractivity contribution is 0.378. The number of aryl methyl sites for hydroxylation is 1. The Morgan fingerprint density at radius 2 is 1.93 bits per heavy atom. The number of guanidine groups is 1. The van der Waals surface area contributed by atoms with E-state index in [2.05, 4.69) is 41.4 Å². The lowest BCUT2D eigenvalue weighted by Gasteiger charge is -2.31. The fourth-order valence-corrected chi connectivity index (χ4v) is 3.58. The normalized spacial score (nSPS) is 14.1. The van der Waals surface area contributed by atoms with E-state index >= 15 is 0 Å². The molecule has 0 radical (unpaired) electrons. The fraction of sp³-hybridized carbons (Fsp3) is 0.455. The minimum Gasteiger partial charge on any atom is -0.357 e. The van der Waals surface area contributed by atoms with Gasteiger partial charge in [-0.3, -0.25) is 9.79 Å². The molecule has 3 rings (SSSR count). The van der Waals surface area contributed by atoms with Gasteiger partial charge >= 0.3 is 0 Å². The van der Waals surface area contributed by atoms with Crippen LogP contribution in [0.2, 0.25) is 0 Å². The third-order valence-electron chi connectivity index (χ3n) is 5.08. The molecule has 0 fully saturated rings. The second kappa shape index (κ2) is 9.40. The highest BCUT2D eigenvalue weighted by Crippen LogP contribution is 2.18. The van der Waals surface area contributed by atoms with Gasteiger partial charge in [-0.1, -0.05) is 30.3 Å². The molecule has 1 aliphatic rings. The first-order valence-electron chi connectivity index (χ1n) is 9.95. The first kappa shape index (κ1) is 19.2. The van der Waals surface area contributed by atoms with Crippen LogP contribution < -0.4 is 10.9 Å². The van der Waals surface area contributed by atoms with E-state index in [1.165, 1.54) is 11.1 Å². The van der Waals surface area contributed by atoms with E-state index in [1.54, 1.807) is 6.07 Å². The van der Waals surface area contributed by atoms with Gasteiger partial charge < -0.3 is 14.8 Å². The van der Waals surface area contributed by atoms with Crippen molar-refractivity contribution >= 4 is 5.96 Å². The molecule has 2 aromatic rings. The number of unbranched alkanes of at least 4 members (excludes halogenated alkanes) is 1. The van der Waals surface area contributed by atoms with E-state index in [9.17, 15) is 4.79 Å². The lowest BCUT2D eigenvalue weighted by Crippen LogP contribution is -2.44. The van der Waals surface area contributed by atoms with E-state index in [0.717, 1.165) is 63.6 Å². The molecule has 144 valence electrons. The third kappa shape index (κ3) is 5.00. The van der Waals surface area contributed by atoms with Crippen molar-refractivity contribution in [2.75, 3.05) is 19.6 Å². The summed E-state index contributed by atoms with van der Waals surface area (Å²) in [5.74, 6) is 1.00. The Labute approximate surface area is 161 Å². The Kier molecular flexibility index (Phi) is 6.69. The van der Waals surface area contributed by atoms with Gasteiger partial charge in [-0.2, -0.15) is 0 Å². The second-order valence-corrected chi connectivity index (χ2v) is 7.04. The number of rotatable bonds is 6. The van der Waals surface area contributed by atoms with E-state index < -0.39 is 0 Å². The molecule has 0 spiro atoms. The number of benzene rings is 1. The fourth-order valence-electron chi connectivity index (χ4n) is 3.58. The molecule has 0 unspecified atom stereocenters. The van der Waals surface area contributed by atoms with Crippen LogP contribution >= 0.6 is 0 Å². The number of pyridine rings is 1. The zero-order chi connectivity index (χ0) is 19.1. The topological polar surface area (TPSA) is 49.6 Å². The summed E-state index contributed by atoms with van der Waals surface area (Å²) in [6.07, 6.45) is 2.99. The number of aromatic nitrogens is 1. The van der Waals surface area contributed by atoms with Gasteiger partial charge in [0.1, 0.15) is 0 Å². The molecule has 2 heterocycles. The number of hydrogen-bond donors (Lipinski definition) is 1. The van der Waals surface area contributed by atoms with Crippen LogP contribution in [0.3, 0.4) is 0 Å². The maximum atomic E-state index is 11.9. The molecule has 0 bridgehead atoms. The Morgan fingerprint density at radius 1 is 1.11 bits per heavy atom. The highest BCUT2D eigenvalue weighted by atomic mass is 16.1. The molecular formula is C22H30N4O. The van der Waals surface area contributed by atoms with E-state index in [-0.39, 0.29) is 5.56 Å². The number of hydrogen-bond acceptors (Lipinski definition) is 2. The van der Waals surface area contributed by atoms with Gasteiger partial charge in [-0.25, -0.2) is 0 Å². The predicted molar refractivity (Wildman–Crippen MR) is 111 cm³/mol. The summed E-state index contributed by atoms with van der Waals surface area (Å²) in [5, 5.41) is 3.43. The molecule has 0 aliphatic carbocycles. The molecule has 5 nitrogen and oxygen atoms in total. The van der Waals surface area contributed by atoms with E-state index in [0.29, 0.717) is 0 Å². The monoisotopic (exact) mass is 366 g/mol. The van der Waals surface area contributed by atoms with E-state index in [4.69, 9.17) is 4.99 Å². The highest BCUT2D eigenvalue weighted by molar-refractivity contribution is 5.80. The van der Waals surface area contributed by atoms with Crippen molar-refractivity contribution in [1.29, 1.82) is 0 Å². The second-order valence-electron chi connectivity index (χ2n) is 7.04. The Hall–Kier alpha value is -2.56. The lowest BCUT2D eigenvalue weighted by atomic mass is 10.0. The molecule has 5 heteroatoms. The summed E-state index contributed by atoms with van der Waals surface area (Å²) in [6, 6.07) is 14.1.